The first kappa shape index (κ1) is 20.8. The quantitative estimate of drug-likeness (QED) is 0.529. The van der Waals surface area contributed by atoms with Gasteiger partial charge in [-0.25, -0.2) is 0 Å². The van der Waals surface area contributed by atoms with Crippen LogP contribution in [0.3, 0.4) is 0 Å². The Balaban J connectivity index is 1.38. The summed E-state index contributed by atoms with van der Waals surface area (Å²) in [6.45, 7) is 7.49. The molecule has 1 atom stereocenters. The van der Waals surface area contributed by atoms with Gasteiger partial charge < -0.3 is 15.1 Å². The third kappa shape index (κ3) is 5.17. The third-order valence-corrected chi connectivity index (χ3v) is 7.04. The molecule has 2 heterocycles. The number of rotatable bonds is 7. The van der Waals surface area contributed by atoms with E-state index in [0.717, 1.165) is 43.9 Å². The van der Waals surface area contributed by atoms with Crippen molar-refractivity contribution in [2.45, 2.75) is 25.6 Å². The number of carbonyl (C=O) groups is 1. The van der Waals surface area contributed by atoms with Gasteiger partial charge in [0, 0.05) is 0 Å². The van der Waals surface area contributed by atoms with Crippen LogP contribution in [0.2, 0.25) is 0 Å². The monoisotopic (exact) mass is 421 g/mol. The average Bonchev–Trinajstić information content (AvgIpc) is 3.31. The lowest BCUT2D eigenvalue weighted by molar-refractivity contribution is -1.02. The van der Waals surface area contributed by atoms with E-state index in [1.165, 1.54) is 9.78 Å². The molecule has 3 aromatic rings. The zero-order valence-electron chi connectivity index (χ0n) is 17.5. The van der Waals surface area contributed by atoms with E-state index in [4.69, 9.17) is 0 Å². The van der Waals surface area contributed by atoms with Gasteiger partial charge in [-0.1, -0.05) is 66.7 Å². The topological polar surface area (TPSA) is 38.0 Å². The van der Waals surface area contributed by atoms with Gasteiger partial charge in [-0.2, -0.15) is 0 Å². The lowest BCUT2D eigenvalue weighted by Crippen LogP contribution is -3.29. The maximum Gasteiger partial charge on any atom is 0.278 e. The molecule has 5 heteroatoms. The van der Waals surface area contributed by atoms with E-state index in [1.807, 2.05) is 47.7 Å². The predicted octanol–water partition coefficient (Wildman–Crippen LogP) is 1.33. The van der Waals surface area contributed by atoms with Crippen molar-refractivity contribution in [2.24, 2.45) is 0 Å². The van der Waals surface area contributed by atoms with Crippen molar-refractivity contribution >= 4 is 17.2 Å². The van der Waals surface area contributed by atoms with E-state index in [2.05, 4.69) is 54.0 Å². The highest BCUT2D eigenvalue weighted by Gasteiger charge is 2.32. The molecule has 0 unspecified atom stereocenters. The van der Waals surface area contributed by atoms with Crippen molar-refractivity contribution in [1.82, 2.24) is 5.32 Å². The van der Waals surface area contributed by atoms with Gasteiger partial charge in [-0.15, -0.1) is 11.3 Å². The summed E-state index contributed by atoms with van der Waals surface area (Å²) in [4.78, 5) is 17.7. The van der Waals surface area contributed by atoms with Gasteiger partial charge in [0.15, 0.2) is 6.04 Å². The van der Waals surface area contributed by atoms with Crippen LogP contribution in [0.1, 0.15) is 29.0 Å². The molecule has 156 valence electrons. The number of thiophene rings is 1. The molecule has 1 aromatic heterocycles. The second-order valence-electron chi connectivity index (χ2n) is 8.15. The van der Waals surface area contributed by atoms with Crippen LogP contribution in [0.15, 0.2) is 78.2 Å². The molecule has 1 fully saturated rings. The van der Waals surface area contributed by atoms with Crippen molar-refractivity contribution < 1.29 is 14.6 Å². The SMILES string of the molecule is C[C@@H](C(=O)NC(c1ccccc1)c1ccccc1)[NH+]1CC[NH+](Cc2cccs2)CC1. The molecular formula is C25H31N3OS+2. The van der Waals surface area contributed by atoms with Crippen molar-refractivity contribution in [3.63, 3.8) is 0 Å². The van der Waals surface area contributed by atoms with Crippen LogP contribution in [0.25, 0.3) is 0 Å². The largest absolute Gasteiger partial charge is 0.340 e. The molecule has 1 aliphatic rings. The molecule has 3 N–H and O–H groups in total. The fourth-order valence-electron chi connectivity index (χ4n) is 4.30. The molecule has 30 heavy (non-hydrogen) atoms. The minimum atomic E-state index is -0.118. The average molecular weight is 422 g/mol. The van der Waals surface area contributed by atoms with E-state index in [1.54, 1.807) is 4.90 Å². The second kappa shape index (κ2) is 10.0. The smallest absolute Gasteiger partial charge is 0.278 e. The first-order valence-corrected chi connectivity index (χ1v) is 11.7. The van der Waals surface area contributed by atoms with Crippen LogP contribution in [0.4, 0.5) is 0 Å². The van der Waals surface area contributed by atoms with Gasteiger partial charge in [-0.3, -0.25) is 4.79 Å². The predicted molar refractivity (Wildman–Crippen MR) is 122 cm³/mol. The van der Waals surface area contributed by atoms with E-state index in [-0.39, 0.29) is 18.0 Å². The first-order chi connectivity index (χ1) is 14.7. The summed E-state index contributed by atoms with van der Waals surface area (Å²) < 4.78 is 0. The maximum absolute atomic E-state index is 13.2. The summed E-state index contributed by atoms with van der Waals surface area (Å²) in [6.07, 6.45) is 0. The Labute approximate surface area is 183 Å². The highest BCUT2D eigenvalue weighted by Crippen LogP contribution is 2.21. The Morgan fingerprint density at radius 2 is 1.50 bits per heavy atom. The fraction of sp³-hybridized carbons (Fsp3) is 0.320. The number of hydrogen-bond acceptors (Lipinski definition) is 2. The number of nitrogens with one attached hydrogen (secondary N) is 3. The van der Waals surface area contributed by atoms with Crippen molar-refractivity contribution in [1.29, 1.82) is 0 Å². The van der Waals surface area contributed by atoms with E-state index >= 15 is 0 Å². The lowest BCUT2D eigenvalue weighted by Gasteiger charge is -2.33. The van der Waals surface area contributed by atoms with Crippen molar-refractivity contribution in [3.8, 4) is 0 Å². The second-order valence-corrected chi connectivity index (χ2v) is 9.18. The van der Waals surface area contributed by atoms with Gasteiger partial charge in [0.1, 0.15) is 32.7 Å². The number of benzene rings is 2. The summed E-state index contributed by atoms with van der Waals surface area (Å²) in [5.74, 6) is 0.129. The fourth-order valence-corrected chi connectivity index (χ4v) is 5.07. The van der Waals surface area contributed by atoms with Crippen LogP contribution < -0.4 is 15.1 Å². The van der Waals surface area contributed by atoms with E-state index < -0.39 is 0 Å². The number of quaternary nitrogens is 2. The molecule has 0 spiro atoms. The van der Waals surface area contributed by atoms with Gasteiger partial charge >= 0.3 is 0 Å². The summed E-state index contributed by atoms with van der Waals surface area (Å²) in [7, 11) is 0. The molecule has 1 amide bonds. The zero-order valence-corrected chi connectivity index (χ0v) is 18.3. The molecule has 0 saturated carbocycles. The minimum Gasteiger partial charge on any atom is -0.340 e. The minimum absolute atomic E-state index is 0.0526. The highest BCUT2D eigenvalue weighted by molar-refractivity contribution is 7.09. The Morgan fingerprint density at radius 1 is 0.900 bits per heavy atom. The van der Waals surface area contributed by atoms with Gasteiger partial charge in [0.2, 0.25) is 0 Å². The molecule has 1 aliphatic heterocycles. The lowest BCUT2D eigenvalue weighted by atomic mass is 9.98. The Bertz CT molecular complexity index is 867. The maximum atomic E-state index is 13.2. The normalized spacial score (nSPS) is 20.1. The molecule has 0 bridgehead atoms. The molecule has 0 aliphatic carbocycles. The number of piperazine rings is 1. The summed E-state index contributed by atoms with van der Waals surface area (Å²) in [6, 6.07) is 24.7. The Kier molecular flexibility index (Phi) is 6.95. The standard InChI is InChI=1S/C25H29N3OS/c1-20(28-16-14-27(15-17-28)19-23-13-8-18-30-23)25(29)26-24(21-9-4-2-5-10-21)22-11-6-3-7-12-22/h2-13,18,20,24H,14-17,19H2,1H3,(H,26,29)/p+2/t20-/m0/s1. The van der Waals surface area contributed by atoms with Crippen LogP contribution in [0, 0.1) is 0 Å². The third-order valence-electron chi connectivity index (χ3n) is 6.16. The first-order valence-electron chi connectivity index (χ1n) is 10.8. The molecule has 4 nitrogen and oxygen atoms in total. The van der Waals surface area contributed by atoms with E-state index in [9.17, 15) is 4.79 Å². The van der Waals surface area contributed by atoms with Crippen molar-refractivity contribution in [2.75, 3.05) is 26.2 Å². The van der Waals surface area contributed by atoms with Crippen molar-refractivity contribution in [3.05, 3.63) is 94.2 Å². The molecule has 4 rings (SSSR count). The summed E-state index contributed by atoms with van der Waals surface area (Å²) in [5.41, 5.74) is 2.23. The van der Waals surface area contributed by atoms with Crippen LogP contribution >= 0.6 is 11.3 Å². The summed E-state index contributed by atoms with van der Waals surface area (Å²) >= 11 is 1.84. The Hall–Kier alpha value is -2.47. The Morgan fingerprint density at radius 3 is 2.03 bits per heavy atom. The van der Waals surface area contributed by atoms with Gasteiger partial charge in [0.05, 0.1) is 10.9 Å². The molecular weight excluding hydrogens is 390 g/mol. The van der Waals surface area contributed by atoms with Gasteiger partial charge in [0.25, 0.3) is 5.91 Å². The van der Waals surface area contributed by atoms with Crippen LogP contribution in [-0.4, -0.2) is 38.1 Å². The summed E-state index contributed by atoms with van der Waals surface area (Å²) in [5, 5.41) is 5.48. The van der Waals surface area contributed by atoms with Gasteiger partial charge in [-0.05, 0) is 29.5 Å². The highest BCUT2D eigenvalue weighted by atomic mass is 32.1. The number of amides is 1. The van der Waals surface area contributed by atoms with Crippen LogP contribution in [0.5, 0.6) is 0 Å². The number of hydrogen-bond donors (Lipinski definition) is 3. The van der Waals surface area contributed by atoms with Crippen LogP contribution in [-0.2, 0) is 11.3 Å². The number of carbonyl (C=O) groups excluding carboxylic acids is 1. The molecule has 0 radical (unpaired) electrons. The molecule has 2 aromatic carbocycles. The molecule has 1 saturated heterocycles. The van der Waals surface area contributed by atoms with E-state index in [0.29, 0.717) is 0 Å². The zero-order chi connectivity index (χ0) is 20.8.